The molecule has 0 N–H and O–H groups in total. The number of amides is 1. The Morgan fingerprint density at radius 3 is 2.54 bits per heavy atom. The Labute approximate surface area is 166 Å². The van der Waals surface area contributed by atoms with E-state index in [9.17, 15) is 17.6 Å². The van der Waals surface area contributed by atoms with Crippen LogP contribution in [0.1, 0.15) is 32.1 Å². The van der Waals surface area contributed by atoms with Crippen molar-refractivity contribution in [3.63, 3.8) is 0 Å². The maximum Gasteiger partial charge on any atom is 0.243 e. The van der Waals surface area contributed by atoms with Crippen molar-refractivity contribution in [2.75, 3.05) is 39.8 Å². The van der Waals surface area contributed by atoms with Gasteiger partial charge in [0, 0.05) is 32.2 Å². The minimum absolute atomic E-state index is 0.0205. The summed E-state index contributed by atoms with van der Waals surface area (Å²) in [5.41, 5.74) is -0.509. The van der Waals surface area contributed by atoms with Crippen molar-refractivity contribution in [2.24, 2.45) is 5.41 Å². The normalized spacial score (nSPS) is 29.6. The molecule has 0 saturated carbocycles. The molecule has 8 heteroatoms. The molecule has 3 heterocycles. The Hall–Kier alpha value is -1.51. The molecule has 4 rings (SSSR count). The predicted molar refractivity (Wildman–Crippen MR) is 104 cm³/mol. The molecule has 3 saturated heterocycles. The quantitative estimate of drug-likeness (QED) is 0.765. The molecule has 1 aromatic carbocycles. The van der Waals surface area contributed by atoms with E-state index in [1.807, 2.05) is 11.9 Å². The van der Waals surface area contributed by atoms with E-state index in [2.05, 4.69) is 4.90 Å². The number of carbonyl (C=O) groups excluding carboxylic acids is 1. The molecule has 2 atom stereocenters. The second kappa shape index (κ2) is 7.39. The van der Waals surface area contributed by atoms with Gasteiger partial charge in [0.1, 0.15) is 5.82 Å². The van der Waals surface area contributed by atoms with Crippen LogP contribution in [-0.4, -0.2) is 74.2 Å². The molecule has 0 aromatic heterocycles. The minimum Gasteiger partial charge on any atom is -0.342 e. The molecule has 3 aliphatic heterocycles. The summed E-state index contributed by atoms with van der Waals surface area (Å²) in [7, 11) is -1.75. The zero-order chi connectivity index (χ0) is 19.9. The van der Waals surface area contributed by atoms with Crippen molar-refractivity contribution in [1.29, 1.82) is 0 Å². The Kier molecular flexibility index (Phi) is 5.22. The highest BCUT2D eigenvalue weighted by Gasteiger charge is 2.54. The fraction of sp³-hybridized carbons (Fsp3) is 0.650. The third kappa shape index (κ3) is 3.25. The number of rotatable bonds is 3. The summed E-state index contributed by atoms with van der Waals surface area (Å²) >= 11 is 0. The lowest BCUT2D eigenvalue weighted by atomic mass is 9.75. The van der Waals surface area contributed by atoms with E-state index in [0.717, 1.165) is 45.0 Å². The number of fused-ring (bicyclic) bond motifs is 1. The molecular formula is C20H28FN3O3S. The van der Waals surface area contributed by atoms with Crippen molar-refractivity contribution in [2.45, 2.75) is 43.0 Å². The van der Waals surface area contributed by atoms with E-state index in [4.69, 9.17) is 0 Å². The number of hydrogen-bond donors (Lipinski definition) is 0. The topological polar surface area (TPSA) is 60.9 Å². The highest BCUT2D eigenvalue weighted by Crippen LogP contribution is 2.45. The van der Waals surface area contributed by atoms with Gasteiger partial charge in [-0.3, -0.25) is 4.79 Å². The standard InChI is InChI=1S/C20H28FN3O3S/c1-22-13-8-20(19(25)23-10-2-3-11-23)9-14-24(12-7-18(20)22)28(26,27)17-6-4-5-16(21)15-17/h4-6,15,18H,2-3,7-14H2,1H3/t18-,20-/m1/s1. The average Bonchev–Trinajstić information content (AvgIpc) is 3.26. The summed E-state index contributed by atoms with van der Waals surface area (Å²) in [5.74, 6) is -0.363. The van der Waals surface area contributed by atoms with Crippen LogP contribution in [0, 0.1) is 11.2 Å². The fourth-order valence-corrected chi connectivity index (χ4v) is 6.71. The summed E-state index contributed by atoms with van der Waals surface area (Å²) < 4.78 is 41.2. The van der Waals surface area contributed by atoms with Crippen LogP contribution in [0.5, 0.6) is 0 Å². The number of halogens is 1. The van der Waals surface area contributed by atoms with Crippen LogP contribution < -0.4 is 0 Å². The number of nitrogens with zero attached hydrogens (tertiary/aromatic N) is 3. The first-order chi connectivity index (χ1) is 13.3. The van der Waals surface area contributed by atoms with Gasteiger partial charge in [-0.05, 0) is 63.9 Å². The first-order valence-electron chi connectivity index (χ1n) is 10.1. The monoisotopic (exact) mass is 409 g/mol. The summed E-state index contributed by atoms with van der Waals surface area (Å²) in [6.45, 7) is 3.12. The van der Waals surface area contributed by atoms with E-state index in [-0.39, 0.29) is 16.8 Å². The van der Waals surface area contributed by atoms with Crippen LogP contribution in [0.25, 0.3) is 0 Å². The van der Waals surface area contributed by atoms with E-state index >= 15 is 0 Å². The third-order valence-electron chi connectivity index (χ3n) is 6.79. The Morgan fingerprint density at radius 2 is 1.82 bits per heavy atom. The van der Waals surface area contributed by atoms with Crippen LogP contribution >= 0.6 is 0 Å². The van der Waals surface area contributed by atoms with Crippen molar-refractivity contribution in [1.82, 2.24) is 14.1 Å². The average molecular weight is 410 g/mol. The number of hydrogen-bond acceptors (Lipinski definition) is 4. The molecular weight excluding hydrogens is 381 g/mol. The van der Waals surface area contributed by atoms with Gasteiger partial charge in [-0.2, -0.15) is 4.31 Å². The van der Waals surface area contributed by atoms with Crippen molar-refractivity contribution in [3.05, 3.63) is 30.1 Å². The lowest BCUT2D eigenvalue weighted by Gasteiger charge is -2.37. The second-order valence-corrected chi connectivity index (χ2v) is 10.2. The van der Waals surface area contributed by atoms with Gasteiger partial charge in [-0.15, -0.1) is 0 Å². The van der Waals surface area contributed by atoms with Crippen LogP contribution in [0.3, 0.4) is 0 Å². The van der Waals surface area contributed by atoms with E-state index in [0.29, 0.717) is 25.9 Å². The summed E-state index contributed by atoms with van der Waals surface area (Å²) in [4.78, 5) is 17.6. The number of carbonyl (C=O) groups is 1. The van der Waals surface area contributed by atoms with E-state index in [1.165, 1.54) is 22.5 Å². The molecule has 6 nitrogen and oxygen atoms in total. The maximum atomic E-state index is 13.6. The van der Waals surface area contributed by atoms with Crippen LogP contribution in [0.15, 0.2) is 29.2 Å². The van der Waals surface area contributed by atoms with Crippen molar-refractivity contribution < 1.29 is 17.6 Å². The Balaban J connectivity index is 1.61. The van der Waals surface area contributed by atoms with Crippen molar-refractivity contribution >= 4 is 15.9 Å². The first kappa shape index (κ1) is 19.8. The van der Waals surface area contributed by atoms with Gasteiger partial charge in [0.2, 0.25) is 15.9 Å². The van der Waals surface area contributed by atoms with Gasteiger partial charge in [-0.25, -0.2) is 12.8 Å². The van der Waals surface area contributed by atoms with Gasteiger partial charge in [0.15, 0.2) is 0 Å². The summed E-state index contributed by atoms with van der Waals surface area (Å²) in [6, 6.07) is 5.21. The Bertz CT molecular complexity index is 856. The molecule has 3 fully saturated rings. The van der Waals surface area contributed by atoms with Crippen LogP contribution in [0.2, 0.25) is 0 Å². The molecule has 0 unspecified atom stereocenters. The second-order valence-electron chi connectivity index (χ2n) is 8.30. The van der Waals surface area contributed by atoms with Crippen molar-refractivity contribution in [3.8, 4) is 0 Å². The van der Waals surface area contributed by atoms with Crippen LogP contribution in [-0.2, 0) is 14.8 Å². The predicted octanol–water partition coefficient (Wildman–Crippen LogP) is 1.92. The van der Waals surface area contributed by atoms with Gasteiger partial charge >= 0.3 is 0 Å². The molecule has 154 valence electrons. The van der Waals surface area contributed by atoms with E-state index < -0.39 is 21.3 Å². The minimum atomic E-state index is -3.78. The molecule has 28 heavy (non-hydrogen) atoms. The largest absolute Gasteiger partial charge is 0.342 e. The van der Waals surface area contributed by atoms with Crippen LogP contribution in [0.4, 0.5) is 4.39 Å². The van der Waals surface area contributed by atoms with Gasteiger partial charge in [-0.1, -0.05) is 6.07 Å². The molecule has 1 amide bonds. The summed E-state index contributed by atoms with van der Waals surface area (Å²) in [5, 5.41) is 0. The first-order valence-corrected chi connectivity index (χ1v) is 11.5. The molecule has 0 spiro atoms. The number of benzene rings is 1. The molecule has 0 aliphatic carbocycles. The molecule has 0 radical (unpaired) electrons. The number of likely N-dealkylation sites (tertiary alicyclic amines) is 2. The zero-order valence-corrected chi connectivity index (χ0v) is 17.1. The number of sulfonamides is 1. The molecule has 0 bridgehead atoms. The van der Waals surface area contributed by atoms with Gasteiger partial charge < -0.3 is 9.80 Å². The molecule has 1 aromatic rings. The molecule has 3 aliphatic rings. The highest BCUT2D eigenvalue weighted by atomic mass is 32.2. The third-order valence-corrected chi connectivity index (χ3v) is 8.69. The summed E-state index contributed by atoms with van der Waals surface area (Å²) in [6.07, 6.45) is 4.00. The van der Waals surface area contributed by atoms with Gasteiger partial charge in [0.05, 0.1) is 10.3 Å². The van der Waals surface area contributed by atoms with E-state index in [1.54, 1.807) is 0 Å². The SMILES string of the molecule is CN1CC[C@@]2(C(=O)N3CCCC3)CCN(S(=O)(=O)c3cccc(F)c3)CC[C@@H]12. The zero-order valence-electron chi connectivity index (χ0n) is 16.3. The lowest BCUT2D eigenvalue weighted by Crippen LogP contribution is -2.49. The van der Waals surface area contributed by atoms with Gasteiger partial charge in [0.25, 0.3) is 0 Å². The highest BCUT2D eigenvalue weighted by molar-refractivity contribution is 7.89. The smallest absolute Gasteiger partial charge is 0.243 e. The maximum absolute atomic E-state index is 13.6. The fourth-order valence-electron chi connectivity index (χ4n) is 5.22. The Morgan fingerprint density at radius 1 is 1.11 bits per heavy atom. The lowest BCUT2D eigenvalue weighted by molar-refractivity contribution is -0.142.